The number of carbonyl (C=O) groups is 2. The van der Waals surface area contributed by atoms with Crippen molar-refractivity contribution in [3.63, 3.8) is 0 Å². The van der Waals surface area contributed by atoms with Crippen molar-refractivity contribution in [3.05, 3.63) is 34.9 Å². The van der Waals surface area contributed by atoms with Crippen LogP contribution in [0.25, 0.3) is 0 Å². The summed E-state index contributed by atoms with van der Waals surface area (Å²) in [6, 6.07) is 1.01. The molecule has 0 atom stereocenters. The highest BCUT2D eigenvalue weighted by Crippen LogP contribution is 2.41. The normalized spacial score (nSPS) is 17.3. The highest BCUT2D eigenvalue weighted by atomic mass is 19.4. The van der Waals surface area contributed by atoms with Gasteiger partial charge in [-0.05, 0) is 18.9 Å². The lowest BCUT2D eigenvalue weighted by atomic mass is 10.2. The lowest BCUT2D eigenvalue weighted by Gasteiger charge is -2.34. The van der Waals surface area contributed by atoms with Crippen molar-refractivity contribution >= 4 is 17.8 Å². The number of amides is 1. The standard InChI is InChI=1S/C18H19F3N6O3/c1-25-9-11(16(29)30)14(24-25)15(28)26-4-6-27(7-5-26)17-22-12(10-2-3-10)8-13(23-17)18(19,20)21/h8-10H,2-7H2,1H3,(H,29,30). The molecule has 0 unspecified atom stereocenters. The molecule has 0 radical (unpaired) electrons. The largest absolute Gasteiger partial charge is 0.478 e. The number of nitrogens with zero attached hydrogens (tertiary/aromatic N) is 6. The average molecular weight is 424 g/mol. The van der Waals surface area contributed by atoms with Crippen LogP contribution >= 0.6 is 0 Å². The van der Waals surface area contributed by atoms with Crippen LogP contribution < -0.4 is 4.90 Å². The van der Waals surface area contributed by atoms with Gasteiger partial charge in [-0.25, -0.2) is 14.8 Å². The zero-order chi connectivity index (χ0) is 21.6. The topological polar surface area (TPSA) is 104 Å². The second-order valence-electron chi connectivity index (χ2n) is 7.40. The molecule has 2 fully saturated rings. The summed E-state index contributed by atoms with van der Waals surface area (Å²) in [7, 11) is 1.52. The predicted molar refractivity (Wildman–Crippen MR) is 97.3 cm³/mol. The second kappa shape index (κ2) is 7.26. The molecule has 0 spiro atoms. The summed E-state index contributed by atoms with van der Waals surface area (Å²) in [6.07, 6.45) is -1.69. The van der Waals surface area contributed by atoms with E-state index >= 15 is 0 Å². The second-order valence-corrected chi connectivity index (χ2v) is 7.40. The lowest BCUT2D eigenvalue weighted by Crippen LogP contribution is -2.49. The Morgan fingerprint density at radius 3 is 2.37 bits per heavy atom. The van der Waals surface area contributed by atoms with Crippen LogP contribution in [0.4, 0.5) is 19.1 Å². The van der Waals surface area contributed by atoms with E-state index in [1.807, 2.05) is 0 Å². The average Bonchev–Trinajstić information content (AvgIpc) is 3.48. The number of hydrogen-bond donors (Lipinski definition) is 1. The number of aromatic carboxylic acids is 1. The van der Waals surface area contributed by atoms with Gasteiger partial charge in [-0.15, -0.1) is 0 Å². The number of rotatable bonds is 4. The first-order chi connectivity index (χ1) is 14.1. The molecule has 0 aromatic carbocycles. The fourth-order valence-electron chi connectivity index (χ4n) is 3.39. The van der Waals surface area contributed by atoms with E-state index in [0.29, 0.717) is 5.69 Å². The molecule has 2 aromatic rings. The zero-order valence-corrected chi connectivity index (χ0v) is 16.1. The molecule has 12 heteroatoms. The molecule has 3 heterocycles. The zero-order valence-electron chi connectivity index (χ0n) is 16.1. The van der Waals surface area contributed by atoms with Gasteiger partial charge in [0.05, 0.1) is 0 Å². The first-order valence-electron chi connectivity index (χ1n) is 9.41. The van der Waals surface area contributed by atoms with Crippen molar-refractivity contribution < 1.29 is 27.9 Å². The number of aromatic nitrogens is 4. The van der Waals surface area contributed by atoms with Crippen LogP contribution in [0.2, 0.25) is 0 Å². The van der Waals surface area contributed by atoms with Gasteiger partial charge in [0.15, 0.2) is 5.69 Å². The summed E-state index contributed by atoms with van der Waals surface area (Å²) in [4.78, 5) is 35.1. The molecule has 0 bridgehead atoms. The number of carbonyl (C=O) groups excluding carboxylic acids is 1. The third-order valence-electron chi connectivity index (χ3n) is 5.13. The van der Waals surface area contributed by atoms with Crippen LogP contribution in [0.5, 0.6) is 0 Å². The predicted octanol–water partition coefficient (Wildman–Crippen LogP) is 1.77. The van der Waals surface area contributed by atoms with E-state index in [1.54, 1.807) is 4.90 Å². The molecule has 2 aromatic heterocycles. The van der Waals surface area contributed by atoms with Gasteiger partial charge >= 0.3 is 12.1 Å². The van der Waals surface area contributed by atoms with Gasteiger partial charge in [0.1, 0.15) is 11.3 Å². The number of alkyl halides is 3. The molecule has 1 aliphatic carbocycles. The molecule has 9 nitrogen and oxygen atoms in total. The van der Waals surface area contributed by atoms with Gasteiger partial charge in [0.25, 0.3) is 5.91 Å². The van der Waals surface area contributed by atoms with Gasteiger partial charge in [0.2, 0.25) is 5.95 Å². The van der Waals surface area contributed by atoms with Crippen molar-refractivity contribution in [2.24, 2.45) is 7.05 Å². The molecular formula is C18H19F3N6O3. The smallest absolute Gasteiger partial charge is 0.433 e. The SMILES string of the molecule is Cn1cc(C(=O)O)c(C(=O)N2CCN(c3nc(C4CC4)cc(C(F)(F)F)n3)CC2)n1. The van der Waals surface area contributed by atoms with Crippen LogP contribution in [-0.2, 0) is 13.2 Å². The number of piperazine rings is 1. The minimum atomic E-state index is -4.56. The molecule has 1 N–H and O–H groups in total. The molecule has 2 aliphatic rings. The Morgan fingerprint density at radius 1 is 1.13 bits per heavy atom. The minimum absolute atomic E-state index is 0.00267. The molecule has 30 heavy (non-hydrogen) atoms. The lowest BCUT2D eigenvalue weighted by molar-refractivity contribution is -0.141. The van der Waals surface area contributed by atoms with E-state index < -0.39 is 23.7 Å². The number of halogens is 3. The van der Waals surface area contributed by atoms with E-state index in [4.69, 9.17) is 0 Å². The van der Waals surface area contributed by atoms with Gasteiger partial charge in [-0.2, -0.15) is 18.3 Å². The Labute approximate surface area is 169 Å². The Kier molecular flexibility index (Phi) is 4.86. The number of hydrogen-bond acceptors (Lipinski definition) is 6. The Bertz CT molecular complexity index is 994. The highest BCUT2D eigenvalue weighted by Gasteiger charge is 2.37. The van der Waals surface area contributed by atoms with Crippen molar-refractivity contribution in [1.29, 1.82) is 0 Å². The molecule has 1 saturated carbocycles. The van der Waals surface area contributed by atoms with E-state index in [2.05, 4.69) is 15.1 Å². The van der Waals surface area contributed by atoms with E-state index in [1.165, 1.54) is 22.8 Å². The summed E-state index contributed by atoms with van der Waals surface area (Å²) >= 11 is 0. The van der Waals surface area contributed by atoms with Gasteiger partial charge in [-0.3, -0.25) is 9.48 Å². The summed E-state index contributed by atoms with van der Waals surface area (Å²) in [6.45, 7) is 0.832. The fourth-order valence-corrected chi connectivity index (χ4v) is 3.39. The van der Waals surface area contributed by atoms with Gasteiger partial charge in [-0.1, -0.05) is 0 Å². The van der Waals surface area contributed by atoms with Gasteiger partial charge < -0.3 is 14.9 Å². The number of anilines is 1. The number of aryl methyl sites for hydroxylation is 1. The Hall–Kier alpha value is -3.18. The highest BCUT2D eigenvalue weighted by molar-refractivity contribution is 6.03. The van der Waals surface area contributed by atoms with Crippen LogP contribution in [0.3, 0.4) is 0 Å². The first kappa shape index (κ1) is 20.1. The van der Waals surface area contributed by atoms with Crippen molar-refractivity contribution in [1.82, 2.24) is 24.6 Å². The van der Waals surface area contributed by atoms with Crippen LogP contribution in [-0.4, -0.2) is 67.8 Å². The molecular weight excluding hydrogens is 405 g/mol. The number of carboxylic acids is 1. The maximum Gasteiger partial charge on any atom is 0.433 e. The molecule has 4 rings (SSSR count). The fraction of sp³-hybridized carbons (Fsp3) is 0.500. The summed E-state index contributed by atoms with van der Waals surface area (Å²) in [5.41, 5.74) is -0.928. The van der Waals surface area contributed by atoms with Crippen molar-refractivity contribution in [2.45, 2.75) is 24.9 Å². The van der Waals surface area contributed by atoms with Crippen LogP contribution in [0, 0.1) is 0 Å². The number of carboxylic acid groups (broad SMARTS) is 1. The summed E-state index contributed by atoms with van der Waals surface area (Å²) in [5, 5.41) is 13.2. The van der Waals surface area contributed by atoms with E-state index in [9.17, 15) is 27.9 Å². The van der Waals surface area contributed by atoms with Crippen LogP contribution in [0.1, 0.15) is 51.0 Å². The molecule has 1 amide bonds. The van der Waals surface area contributed by atoms with Crippen molar-refractivity contribution in [3.8, 4) is 0 Å². The summed E-state index contributed by atoms with van der Waals surface area (Å²) in [5.74, 6) is -1.75. The Morgan fingerprint density at radius 2 is 1.80 bits per heavy atom. The monoisotopic (exact) mass is 424 g/mol. The van der Waals surface area contributed by atoms with E-state index in [0.717, 1.165) is 18.9 Å². The first-order valence-corrected chi connectivity index (χ1v) is 9.41. The molecule has 1 aliphatic heterocycles. The third kappa shape index (κ3) is 3.94. The molecule has 1 saturated heterocycles. The van der Waals surface area contributed by atoms with Crippen molar-refractivity contribution in [2.75, 3.05) is 31.1 Å². The minimum Gasteiger partial charge on any atom is -0.478 e. The maximum absolute atomic E-state index is 13.2. The van der Waals surface area contributed by atoms with Gasteiger partial charge in [0, 0.05) is 51.0 Å². The Balaban J connectivity index is 1.50. The van der Waals surface area contributed by atoms with E-state index in [-0.39, 0.29) is 49.3 Å². The molecule has 160 valence electrons. The quantitative estimate of drug-likeness (QED) is 0.798. The third-order valence-corrected chi connectivity index (χ3v) is 5.13. The van der Waals surface area contributed by atoms with Crippen LogP contribution in [0.15, 0.2) is 12.3 Å². The maximum atomic E-state index is 13.2. The summed E-state index contributed by atoms with van der Waals surface area (Å²) < 4.78 is 41.0.